The Bertz CT molecular complexity index is 888. The number of aromatic amines is 1. The average molecular weight is 356 g/mol. The molecule has 0 aromatic carbocycles. The summed E-state index contributed by atoms with van der Waals surface area (Å²) in [5, 5.41) is 13.4. The van der Waals surface area contributed by atoms with Gasteiger partial charge in [0.2, 0.25) is 0 Å². The second-order valence-corrected chi connectivity index (χ2v) is 6.59. The van der Waals surface area contributed by atoms with Crippen LogP contribution in [0.3, 0.4) is 0 Å². The van der Waals surface area contributed by atoms with E-state index in [1.54, 1.807) is 24.5 Å². The van der Waals surface area contributed by atoms with Gasteiger partial charge in [-0.15, -0.1) is 0 Å². The minimum atomic E-state index is -0.133. The highest BCUT2D eigenvalue weighted by atomic mass is 32.1. The van der Waals surface area contributed by atoms with E-state index in [-0.39, 0.29) is 12.2 Å². The maximum atomic E-state index is 11.9. The number of aromatic nitrogens is 3. The van der Waals surface area contributed by atoms with E-state index in [0.717, 1.165) is 11.4 Å². The van der Waals surface area contributed by atoms with Crippen molar-refractivity contribution in [2.75, 3.05) is 18.1 Å². The summed E-state index contributed by atoms with van der Waals surface area (Å²) in [6.45, 7) is 4.82. The molecule has 3 aromatic rings. The summed E-state index contributed by atoms with van der Waals surface area (Å²) in [6, 6.07) is 5.83. The molecule has 0 aliphatic heterocycles. The van der Waals surface area contributed by atoms with Gasteiger partial charge in [-0.1, -0.05) is 0 Å². The normalized spacial score (nSPS) is 10.8. The van der Waals surface area contributed by atoms with Crippen LogP contribution in [0.5, 0.6) is 0 Å². The first-order valence-corrected chi connectivity index (χ1v) is 8.93. The number of hydrogen-bond donors (Lipinski definition) is 2. The summed E-state index contributed by atoms with van der Waals surface area (Å²) in [4.78, 5) is 25.6. The lowest BCUT2D eigenvalue weighted by Crippen LogP contribution is -2.26. The van der Waals surface area contributed by atoms with Gasteiger partial charge in [-0.3, -0.25) is 4.79 Å². The van der Waals surface area contributed by atoms with Crippen LogP contribution in [0, 0.1) is 13.8 Å². The van der Waals surface area contributed by atoms with Crippen LogP contribution >= 0.6 is 11.3 Å². The highest BCUT2D eigenvalue weighted by molar-refractivity contribution is 7.07. The van der Waals surface area contributed by atoms with Crippen molar-refractivity contribution in [1.82, 2.24) is 15.0 Å². The number of nitrogens with zero attached hydrogens (tertiary/aromatic N) is 3. The molecule has 0 spiro atoms. The minimum Gasteiger partial charge on any atom is -0.395 e. The highest BCUT2D eigenvalue weighted by Crippen LogP contribution is 2.20. The van der Waals surface area contributed by atoms with Gasteiger partial charge in [0.1, 0.15) is 11.6 Å². The van der Waals surface area contributed by atoms with Gasteiger partial charge in [0.15, 0.2) is 0 Å². The Labute approximate surface area is 149 Å². The number of anilines is 1. The molecule has 6 nitrogen and oxygen atoms in total. The molecule has 130 valence electrons. The van der Waals surface area contributed by atoms with Crippen molar-refractivity contribution in [3.8, 4) is 11.4 Å². The van der Waals surface area contributed by atoms with Crippen LogP contribution in [0.25, 0.3) is 11.4 Å². The van der Waals surface area contributed by atoms with Gasteiger partial charge in [-0.05, 0) is 48.4 Å². The molecule has 3 rings (SSSR count). The Hall–Kier alpha value is -2.51. The Kier molecular flexibility index (Phi) is 5.25. The quantitative estimate of drug-likeness (QED) is 0.709. The first-order valence-electron chi connectivity index (χ1n) is 7.99. The molecule has 0 saturated heterocycles. The summed E-state index contributed by atoms with van der Waals surface area (Å²) in [5.41, 5.74) is 3.14. The van der Waals surface area contributed by atoms with Gasteiger partial charge in [0.25, 0.3) is 5.56 Å². The van der Waals surface area contributed by atoms with Crippen molar-refractivity contribution < 1.29 is 5.11 Å². The Morgan fingerprint density at radius 1 is 1.28 bits per heavy atom. The lowest BCUT2D eigenvalue weighted by Gasteiger charge is -2.22. The van der Waals surface area contributed by atoms with E-state index in [9.17, 15) is 9.90 Å². The first-order chi connectivity index (χ1) is 12.1. The van der Waals surface area contributed by atoms with E-state index < -0.39 is 0 Å². The molecule has 0 unspecified atom stereocenters. The van der Waals surface area contributed by atoms with Gasteiger partial charge < -0.3 is 15.0 Å². The van der Waals surface area contributed by atoms with E-state index in [4.69, 9.17) is 0 Å². The molecule has 0 fully saturated rings. The van der Waals surface area contributed by atoms with Crippen molar-refractivity contribution in [1.29, 1.82) is 0 Å². The molecule has 3 aromatic heterocycles. The average Bonchev–Trinajstić information content (AvgIpc) is 3.12. The zero-order valence-electron chi connectivity index (χ0n) is 14.2. The fourth-order valence-corrected chi connectivity index (χ4v) is 3.15. The lowest BCUT2D eigenvalue weighted by atomic mass is 10.2. The van der Waals surface area contributed by atoms with Crippen molar-refractivity contribution in [3.63, 3.8) is 0 Å². The molecule has 0 aliphatic rings. The lowest BCUT2D eigenvalue weighted by molar-refractivity contribution is 0.301. The third-order valence-electron chi connectivity index (χ3n) is 4.06. The molecule has 0 bridgehead atoms. The second-order valence-electron chi connectivity index (χ2n) is 5.81. The van der Waals surface area contributed by atoms with Crippen LogP contribution < -0.4 is 10.5 Å². The molecule has 0 amide bonds. The van der Waals surface area contributed by atoms with Crippen LogP contribution in [-0.2, 0) is 6.54 Å². The summed E-state index contributed by atoms with van der Waals surface area (Å²) in [7, 11) is 0. The third kappa shape index (κ3) is 3.94. The number of rotatable bonds is 6. The molecule has 25 heavy (non-hydrogen) atoms. The van der Waals surface area contributed by atoms with Crippen molar-refractivity contribution in [2.24, 2.45) is 0 Å². The SMILES string of the molecule is Cc1nc(-c2ccc(N(CCO)Cc3ccsc3)nc2)[nH]c(=O)c1C. The maximum Gasteiger partial charge on any atom is 0.254 e. The number of pyridine rings is 1. The standard InChI is InChI=1S/C18H20N4O2S/c1-12-13(2)20-17(21-18(12)24)15-3-4-16(19-9-15)22(6-7-23)10-14-5-8-25-11-14/h3-5,8-9,11,23H,6-7,10H2,1-2H3,(H,20,21,24). The zero-order valence-corrected chi connectivity index (χ0v) is 15.0. The number of aryl methyl sites for hydroxylation is 1. The number of aliphatic hydroxyl groups excluding tert-OH is 1. The molecule has 7 heteroatoms. The highest BCUT2D eigenvalue weighted by Gasteiger charge is 2.11. The van der Waals surface area contributed by atoms with Crippen molar-refractivity contribution in [3.05, 3.63) is 62.3 Å². The molecular weight excluding hydrogens is 336 g/mol. The number of aliphatic hydroxyl groups is 1. The zero-order chi connectivity index (χ0) is 17.8. The van der Waals surface area contributed by atoms with Crippen LogP contribution in [0.15, 0.2) is 40.0 Å². The maximum absolute atomic E-state index is 11.9. The molecule has 3 heterocycles. The molecule has 0 atom stereocenters. The van der Waals surface area contributed by atoms with Gasteiger partial charge in [-0.25, -0.2) is 9.97 Å². The third-order valence-corrected chi connectivity index (χ3v) is 4.80. The fourth-order valence-electron chi connectivity index (χ4n) is 2.49. The van der Waals surface area contributed by atoms with Gasteiger partial charge in [-0.2, -0.15) is 11.3 Å². The molecule has 2 N–H and O–H groups in total. The predicted octanol–water partition coefficient (Wildman–Crippen LogP) is 2.51. The molecule has 0 radical (unpaired) electrons. The Morgan fingerprint density at radius 2 is 2.12 bits per heavy atom. The predicted molar refractivity (Wildman–Crippen MR) is 100 cm³/mol. The van der Waals surface area contributed by atoms with Gasteiger partial charge >= 0.3 is 0 Å². The summed E-state index contributed by atoms with van der Waals surface area (Å²) < 4.78 is 0. The Balaban J connectivity index is 1.86. The van der Waals surface area contributed by atoms with Crippen molar-refractivity contribution in [2.45, 2.75) is 20.4 Å². The first kappa shape index (κ1) is 17.3. The van der Waals surface area contributed by atoms with E-state index in [1.165, 1.54) is 5.56 Å². The van der Waals surface area contributed by atoms with E-state index in [0.29, 0.717) is 30.2 Å². The number of thiophene rings is 1. The van der Waals surface area contributed by atoms with E-state index >= 15 is 0 Å². The minimum absolute atomic E-state index is 0.0552. The summed E-state index contributed by atoms with van der Waals surface area (Å²) >= 11 is 1.65. The largest absolute Gasteiger partial charge is 0.395 e. The van der Waals surface area contributed by atoms with Crippen LogP contribution in [-0.4, -0.2) is 33.2 Å². The summed E-state index contributed by atoms with van der Waals surface area (Å²) in [5.74, 6) is 1.29. The van der Waals surface area contributed by atoms with Crippen molar-refractivity contribution >= 4 is 17.2 Å². The topological polar surface area (TPSA) is 82.1 Å². The monoisotopic (exact) mass is 356 g/mol. The number of hydrogen-bond acceptors (Lipinski definition) is 6. The molecular formula is C18H20N4O2S. The number of H-pyrrole nitrogens is 1. The summed E-state index contributed by atoms with van der Waals surface area (Å²) in [6.07, 6.45) is 1.69. The number of nitrogens with one attached hydrogen (secondary N) is 1. The van der Waals surface area contributed by atoms with E-state index in [1.807, 2.05) is 29.3 Å². The second kappa shape index (κ2) is 7.58. The van der Waals surface area contributed by atoms with Crippen LogP contribution in [0.4, 0.5) is 5.82 Å². The fraction of sp³-hybridized carbons (Fsp3) is 0.278. The Morgan fingerprint density at radius 3 is 2.72 bits per heavy atom. The molecule has 0 saturated carbocycles. The van der Waals surface area contributed by atoms with Crippen LogP contribution in [0.1, 0.15) is 16.8 Å². The van der Waals surface area contributed by atoms with E-state index in [2.05, 4.69) is 26.4 Å². The smallest absolute Gasteiger partial charge is 0.254 e. The van der Waals surface area contributed by atoms with Gasteiger partial charge in [0.05, 0.1) is 6.61 Å². The van der Waals surface area contributed by atoms with Gasteiger partial charge in [0, 0.05) is 36.1 Å². The van der Waals surface area contributed by atoms with Crippen LogP contribution in [0.2, 0.25) is 0 Å². The molecule has 0 aliphatic carbocycles.